The van der Waals surface area contributed by atoms with E-state index in [9.17, 15) is 4.79 Å². The van der Waals surface area contributed by atoms with E-state index in [1.165, 1.54) is 25.5 Å². The average Bonchev–Trinajstić information content (AvgIpc) is 3.22. The predicted octanol–water partition coefficient (Wildman–Crippen LogP) is 3.43. The van der Waals surface area contributed by atoms with E-state index in [0.29, 0.717) is 5.92 Å². The molecule has 0 unspecified atom stereocenters. The van der Waals surface area contributed by atoms with Gasteiger partial charge in [0.15, 0.2) is 0 Å². The maximum Gasteiger partial charge on any atom is 0.308 e. The summed E-state index contributed by atoms with van der Waals surface area (Å²) in [7, 11) is 3.63. The second-order valence-corrected chi connectivity index (χ2v) is 8.60. The molecule has 3 aromatic rings. The van der Waals surface area contributed by atoms with Crippen molar-refractivity contribution >= 4 is 17.0 Å². The van der Waals surface area contributed by atoms with Gasteiger partial charge in [-0.1, -0.05) is 12.1 Å². The van der Waals surface area contributed by atoms with E-state index in [-0.39, 0.29) is 17.9 Å². The molecule has 30 heavy (non-hydrogen) atoms. The molecule has 0 atom stereocenters. The zero-order valence-electron chi connectivity index (χ0n) is 17.5. The normalized spacial score (nSPS) is 22.7. The first-order valence-electron chi connectivity index (χ1n) is 10.7. The Kier molecular flexibility index (Phi) is 4.98. The minimum Gasteiger partial charge on any atom is -0.469 e. The molecule has 7 nitrogen and oxygen atoms in total. The molecule has 0 radical (unpaired) electrons. The molecule has 0 amide bonds. The third-order valence-corrected chi connectivity index (χ3v) is 6.68. The van der Waals surface area contributed by atoms with Crippen LogP contribution in [0.15, 0.2) is 36.8 Å². The number of esters is 1. The summed E-state index contributed by atoms with van der Waals surface area (Å²) >= 11 is 0. The number of hydrogen-bond acceptors (Lipinski definition) is 6. The smallest absolute Gasteiger partial charge is 0.308 e. The van der Waals surface area contributed by atoms with Crippen molar-refractivity contribution in [2.45, 2.75) is 37.6 Å². The lowest BCUT2D eigenvalue weighted by Gasteiger charge is -2.33. The zero-order chi connectivity index (χ0) is 20.7. The van der Waals surface area contributed by atoms with Crippen LogP contribution in [0.25, 0.3) is 22.3 Å². The molecule has 0 spiro atoms. The van der Waals surface area contributed by atoms with Gasteiger partial charge >= 0.3 is 5.97 Å². The molecule has 156 valence electrons. The summed E-state index contributed by atoms with van der Waals surface area (Å²) in [4.78, 5) is 23.7. The molecule has 1 aliphatic heterocycles. The number of benzene rings is 1. The van der Waals surface area contributed by atoms with E-state index in [0.717, 1.165) is 48.2 Å². The molecule has 1 saturated carbocycles. The number of ether oxygens (including phenoxy) is 1. The molecular weight excluding hydrogens is 378 g/mol. The van der Waals surface area contributed by atoms with E-state index in [1.54, 1.807) is 0 Å². The number of rotatable bonds is 4. The number of carbonyl (C=O) groups excluding carboxylic acids is 1. The highest BCUT2D eigenvalue weighted by Crippen LogP contribution is 2.38. The third-order valence-electron chi connectivity index (χ3n) is 6.68. The van der Waals surface area contributed by atoms with Crippen LogP contribution in [-0.2, 0) is 9.53 Å². The minimum absolute atomic E-state index is 0.00823. The van der Waals surface area contributed by atoms with Crippen LogP contribution in [0, 0.1) is 5.92 Å². The topological polar surface area (TPSA) is 73.1 Å². The molecule has 2 aliphatic rings. The summed E-state index contributed by atoms with van der Waals surface area (Å²) in [5.74, 6) is 0.416. The average molecular weight is 406 g/mol. The van der Waals surface area contributed by atoms with Crippen LogP contribution in [0.2, 0.25) is 0 Å². The number of carbonyl (C=O) groups is 1. The van der Waals surface area contributed by atoms with Gasteiger partial charge in [-0.3, -0.25) is 14.5 Å². The molecule has 3 heterocycles. The van der Waals surface area contributed by atoms with Crippen molar-refractivity contribution in [2.75, 3.05) is 27.2 Å². The molecule has 1 saturated heterocycles. The molecule has 2 aromatic heterocycles. The highest BCUT2D eigenvalue weighted by Gasteiger charge is 2.36. The maximum absolute atomic E-state index is 11.6. The van der Waals surface area contributed by atoms with Gasteiger partial charge in [0.05, 0.1) is 48.2 Å². The number of para-hydroxylation sites is 1. The van der Waals surface area contributed by atoms with Crippen LogP contribution in [0.1, 0.15) is 43.2 Å². The van der Waals surface area contributed by atoms with Crippen LogP contribution in [-0.4, -0.2) is 57.9 Å². The molecule has 1 aromatic carbocycles. The maximum atomic E-state index is 11.6. The number of likely N-dealkylation sites (tertiary alicyclic amines) is 1. The highest BCUT2D eigenvalue weighted by molar-refractivity contribution is 5.80. The Balaban J connectivity index is 1.36. The first-order valence-corrected chi connectivity index (χ1v) is 10.7. The van der Waals surface area contributed by atoms with E-state index in [2.05, 4.69) is 29.2 Å². The lowest BCUT2D eigenvalue weighted by molar-refractivity contribution is -0.149. The molecular formula is C23H27N5O2. The van der Waals surface area contributed by atoms with Crippen LogP contribution in [0.5, 0.6) is 0 Å². The number of piperidine rings is 1. The van der Waals surface area contributed by atoms with Crippen molar-refractivity contribution in [3.05, 3.63) is 42.4 Å². The second kappa shape index (κ2) is 7.80. The van der Waals surface area contributed by atoms with Crippen molar-refractivity contribution in [3.8, 4) is 11.3 Å². The standard InChI is InChI=1S/C23H27N5O2/c1-27-8-6-15(7-9-27)19-4-3-5-20-22(19)24-13-21(26-20)17-12-25-28(14-17)18-10-16(11-18)23(29)30-2/h3-5,12-16,18H,6-11H2,1-2H3. The summed E-state index contributed by atoms with van der Waals surface area (Å²) in [5.41, 5.74) is 5.06. The number of fused-ring (bicyclic) bond motifs is 1. The summed E-state index contributed by atoms with van der Waals surface area (Å²) in [6, 6.07) is 6.59. The van der Waals surface area contributed by atoms with Crippen molar-refractivity contribution < 1.29 is 9.53 Å². The predicted molar refractivity (Wildman–Crippen MR) is 114 cm³/mol. The molecule has 0 N–H and O–H groups in total. The number of aromatic nitrogens is 4. The van der Waals surface area contributed by atoms with Crippen LogP contribution < -0.4 is 0 Å². The van der Waals surface area contributed by atoms with Crippen molar-refractivity contribution in [1.29, 1.82) is 0 Å². The fourth-order valence-electron chi connectivity index (χ4n) is 4.68. The first-order chi connectivity index (χ1) is 14.6. The van der Waals surface area contributed by atoms with Crippen molar-refractivity contribution in [2.24, 2.45) is 5.92 Å². The molecule has 2 fully saturated rings. The second-order valence-electron chi connectivity index (χ2n) is 8.60. The van der Waals surface area contributed by atoms with E-state index in [4.69, 9.17) is 14.7 Å². The summed E-state index contributed by atoms with van der Waals surface area (Å²) in [6.45, 7) is 2.26. The minimum atomic E-state index is -0.126. The van der Waals surface area contributed by atoms with Gasteiger partial charge in [0.25, 0.3) is 0 Å². The molecule has 1 aliphatic carbocycles. The fourth-order valence-corrected chi connectivity index (χ4v) is 4.68. The van der Waals surface area contributed by atoms with Gasteiger partial charge in [0.2, 0.25) is 0 Å². The van der Waals surface area contributed by atoms with Crippen LogP contribution in [0.3, 0.4) is 0 Å². The summed E-state index contributed by atoms with van der Waals surface area (Å²) in [6.07, 6.45) is 9.59. The van der Waals surface area contributed by atoms with Gasteiger partial charge in [-0.15, -0.1) is 0 Å². The molecule has 7 heteroatoms. The Morgan fingerprint density at radius 2 is 1.97 bits per heavy atom. The third kappa shape index (κ3) is 3.47. The summed E-state index contributed by atoms with van der Waals surface area (Å²) < 4.78 is 6.76. The van der Waals surface area contributed by atoms with E-state index in [1.807, 2.05) is 29.3 Å². The fraction of sp³-hybridized carbons (Fsp3) is 0.478. The van der Waals surface area contributed by atoms with Gasteiger partial charge in [-0.25, -0.2) is 4.98 Å². The highest BCUT2D eigenvalue weighted by atomic mass is 16.5. The Morgan fingerprint density at radius 3 is 2.73 bits per heavy atom. The lowest BCUT2D eigenvalue weighted by atomic mass is 9.80. The summed E-state index contributed by atoms with van der Waals surface area (Å²) in [5, 5.41) is 4.50. The molecule has 5 rings (SSSR count). The number of hydrogen-bond donors (Lipinski definition) is 0. The Morgan fingerprint density at radius 1 is 1.17 bits per heavy atom. The lowest BCUT2D eigenvalue weighted by Crippen LogP contribution is -2.33. The Hall–Kier alpha value is -2.80. The van der Waals surface area contributed by atoms with Gasteiger partial charge in [-0.05, 0) is 63.4 Å². The van der Waals surface area contributed by atoms with Gasteiger partial charge in [0.1, 0.15) is 0 Å². The van der Waals surface area contributed by atoms with Gasteiger partial charge in [-0.2, -0.15) is 5.10 Å². The van der Waals surface area contributed by atoms with Gasteiger partial charge in [0, 0.05) is 11.8 Å². The van der Waals surface area contributed by atoms with Crippen molar-refractivity contribution in [3.63, 3.8) is 0 Å². The van der Waals surface area contributed by atoms with E-state index >= 15 is 0 Å². The van der Waals surface area contributed by atoms with Gasteiger partial charge < -0.3 is 9.64 Å². The van der Waals surface area contributed by atoms with Crippen LogP contribution >= 0.6 is 0 Å². The Labute approximate surface area is 176 Å². The SMILES string of the molecule is COC(=O)C1CC(n2cc(-c3cnc4c(C5CCN(C)CC5)cccc4n3)cn2)C1. The Bertz CT molecular complexity index is 1060. The van der Waals surface area contributed by atoms with Crippen molar-refractivity contribution in [1.82, 2.24) is 24.6 Å². The largest absolute Gasteiger partial charge is 0.469 e. The molecule has 0 bridgehead atoms. The quantitative estimate of drug-likeness (QED) is 0.619. The first kappa shape index (κ1) is 19.2. The number of methoxy groups -OCH3 is 1. The van der Waals surface area contributed by atoms with E-state index < -0.39 is 0 Å². The monoisotopic (exact) mass is 405 g/mol. The van der Waals surface area contributed by atoms with Crippen LogP contribution in [0.4, 0.5) is 0 Å². The zero-order valence-corrected chi connectivity index (χ0v) is 17.5. The number of nitrogens with zero attached hydrogens (tertiary/aromatic N) is 5.